The van der Waals surface area contributed by atoms with E-state index >= 15 is 0 Å². The van der Waals surface area contributed by atoms with Gasteiger partial charge in [0.1, 0.15) is 31.5 Å². The van der Waals surface area contributed by atoms with Gasteiger partial charge in [0.25, 0.3) is 0 Å². The Bertz CT molecular complexity index is 1200. The summed E-state index contributed by atoms with van der Waals surface area (Å²) in [5, 5.41) is 0. The van der Waals surface area contributed by atoms with E-state index in [4.69, 9.17) is 52.1 Å². The third-order valence-corrected chi connectivity index (χ3v) is 6.17. The molecule has 2 aliphatic heterocycles. The Hall–Kier alpha value is -4.36. The Kier molecular flexibility index (Phi) is 14.5. The van der Waals surface area contributed by atoms with E-state index in [1.807, 2.05) is 0 Å². The molecule has 0 saturated carbocycles. The molecule has 0 bridgehead atoms. The highest BCUT2D eigenvalue weighted by Gasteiger charge is 2.58. The fraction of sp³-hybridized carbons (Fsp3) is 0.714. The molecule has 0 N–H and O–H groups in total. The summed E-state index contributed by atoms with van der Waals surface area (Å²) in [6, 6.07) is 0. The van der Waals surface area contributed by atoms with E-state index in [-0.39, 0.29) is 0 Å². The lowest BCUT2D eigenvalue weighted by Gasteiger charge is -2.48. The highest BCUT2D eigenvalue weighted by molar-refractivity contribution is 5.70. The summed E-state index contributed by atoms with van der Waals surface area (Å²) < 4.78 is 60.2. The van der Waals surface area contributed by atoms with Crippen molar-refractivity contribution in [2.75, 3.05) is 13.2 Å². The second-order valence-electron chi connectivity index (χ2n) is 10.3. The van der Waals surface area contributed by atoms with Crippen LogP contribution in [-0.4, -0.2) is 122 Å². The van der Waals surface area contributed by atoms with Gasteiger partial charge in [-0.1, -0.05) is 0 Å². The third kappa shape index (κ3) is 12.1. The maximum absolute atomic E-state index is 12.3. The average Bonchev–Trinajstić information content (AvgIpc) is 2.91. The largest absolute Gasteiger partial charge is 0.463 e. The van der Waals surface area contributed by atoms with Crippen LogP contribution in [0.5, 0.6) is 0 Å². The molecule has 19 nitrogen and oxygen atoms in total. The number of ether oxygens (including phenoxy) is 11. The minimum Gasteiger partial charge on any atom is -0.463 e. The van der Waals surface area contributed by atoms with Crippen LogP contribution in [0.25, 0.3) is 0 Å². The first-order valence-electron chi connectivity index (χ1n) is 14.2. The lowest BCUT2D eigenvalue weighted by Crippen LogP contribution is -2.67. The Labute approximate surface area is 268 Å². The van der Waals surface area contributed by atoms with E-state index in [0.29, 0.717) is 0 Å². The second kappa shape index (κ2) is 17.5. The zero-order valence-electron chi connectivity index (χ0n) is 26.9. The molecule has 0 spiro atoms. The molecule has 10 atom stereocenters. The van der Waals surface area contributed by atoms with E-state index in [1.54, 1.807) is 0 Å². The highest BCUT2D eigenvalue weighted by atomic mass is 16.8. The summed E-state index contributed by atoms with van der Waals surface area (Å²) in [6.07, 6.45) is -16.3. The zero-order valence-corrected chi connectivity index (χ0v) is 26.9. The molecule has 0 aromatic rings. The summed E-state index contributed by atoms with van der Waals surface area (Å²) in [4.78, 5) is 96.3. The number of esters is 8. The van der Waals surface area contributed by atoms with Crippen LogP contribution in [0, 0.1) is 0 Å². The number of hydrogen-bond donors (Lipinski definition) is 0. The molecule has 264 valence electrons. The van der Waals surface area contributed by atoms with E-state index in [2.05, 4.69) is 0 Å². The van der Waals surface area contributed by atoms with Crippen molar-refractivity contribution in [3.05, 3.63) is 0 Å². The monoisotopic (exact) mass is 678 g/mol. The highest BCUT2D eigenvalue weighted by Crippen LogP contribution is 2.35. The van der Waals surface area contributed by atoms with E-state index in [1.165, 1.54) is 0 Å². The van der Waals surface area contributed by atoms with Gasteiger partial charge in [0, 0.05) is 55.4 Å². The van der Waals surface area contributed by atoms with Crippen LogP contribution in [0.2, 0.25) is 0 Å². The van der Waals surface area contributed by atoms with Crippen molar-refractivity contribution < 1.29 is 90.5 Å². The number of carbonyl (C=O) groups is 8. The predicted molar refractivity (Wildman–Crippen MR) is 145 cm³/mol. The van der Waals surface area contributed by atoms with Gasteiger partial charge >= 0.3 is 47.8 Å². The summed E-state index contributed by atoms with van der Waals surface area (Å²) in [5.41, 5.74) is 0. The van der Waals surface area contributed by atoms with Crippen molar-refractivity contribution in [1.82, 2.24) is 0 Å². The van der Waals surface area contributed by atoms with Crippen LogP contribution >= 0.6 is 0 Å². The maximum atomic E-state index is 12.3. The number of rotatable bonds is 12. The molecule has 0 unspecified atom stereocenters. The molecule has 2 saturated heterocycles. The molecular formula is C28H38O19. The first-order chi connectivity index (χ1) is 21.9. The second-order valence-corrected chi connectivity index (χ2v) is 10.3. The van der Waals surface area contributed by atoms with Gasteiger partial charge in [-0.25, -0.2) is 0 Å². The van der Waals surface area contributed by atoms with Gasteiger partial charge in [-0.15, -0.1) is 0 Å². The molecule has 0 amide bonds. The van der Waals surface area contributed by atoms with Crippen LogP contribution in [-0.2, 0) is 90.5 Å². The molecule has 2 fully saturated rings. The van der Waals surface area contributed by atoms with Gasteiger partial charge < -0.3 is 52.1 Å². The minimum atomic E-state index is -1.83. The van der Waals surface area contributed by atoms with Gasteiger partial charge in [0.2, 0.25) is 12.4 Å². The molecule has 0 aromatic carbocycles. The average molecular weight is 679 g/mol. The topological polar surface area (TPSA) is 238 Å². The van der Waals surface area contributed by atoms with Crippen molar-refractivity contribution in [2.24, 2.45) is 0 Å². The lowest BCUT2D eigenvalue weighted by atomic mass is 9.96. The van der Waals surface area contributed by atoms with Crippen molar-refractivity contribution in [3.63, 3.8) is 0 Å². The molecule has 2 rings (SSSR count). The number of carbonyl (C=O) groups excluding carboxylic acids is 8. The van der Waals surface area contributed by atoms with Crippen LogP contribution in [0.15, 0.2) is 0 Å². The van der Waals surface area contributed by atoms with Gasteiger partial charge in [-0.3, -0.25) is 38.4 Å². The maximum Gasteiger partial charge on any atom is 0.305 e. The van der Waals surface area contributed by atoms with Crippen molar-refractivity contribution >= 4 is 47.8 Å². The first kappa shape index (κ1) is 38.8. The predicted octanol–water partition coefficient (Wildman–Crippen LogP) is -0.831. The van der Waals surface area contributed by atoms with E-state index in [0.717, 1.165) is 55.4 Å². The molecule has 0 aliphatic carbocycles. The third-order valence-electron chi connectivity index (χ3n) is 6.17. The van der Waals surface area contributed by atoms with Crippen molar-refractivity contribution in [2.45, 2.75) is 117 Å². The standard InChI is InChI=1S/C28H38O19/c1-11(29)37-9-19-21(39-13(3)31)23(40-14(4)32)26(43-17(7)35)28(46-19)47-22-20(10-38-12(2)30)45-27(44-18(8)36)25(42-16(6)34)24(22)41-15(5)33/h19-28H,9-10H2,1-8H3/t19-,20-,21+,22+,23+,24-,25-,26-,27-,28+/m1/s1. The molecule has 0 aromatic heterocycles. The van der Waals surface area contributed by atoms with E-state index < -0.39 is 122 Å². The fourth-order valence-electron chi connectivity index (χ4n) is 4.73. The summed E-state index contributed by atoms with van der Waals surface area (Å²) >= 11 is 0. The normalized spacial score (nSPS) is 30.0. The molecule has 47 heavy (non-hydrogen) atoms. The molecule has 19 heteroatoms. The van der Waals surface area contributed by atoms with Crippen LogP contribution in [0.3, 0.4) is 0 Å². The molecule has 0 radical (unpaired) electrons. The Morgan fingerprint density at radius 2 is 0.702 bits per heavy atom. The van der Waals surface area contributed by atoms with Gasteiger partial charge in [-0.05, 0) is 0 Å². The SMILES string of the molecule is CC(=O)OC[C@H]1O[C@@H](OC(C)=O)[C@H](OC(C)=O)[C@H](OC(C)=O)[C@H]1O[C@@H]1O[C@H](COC(C)=O)[C@H](OC(C)=O)[C@H](OC(C)=O)[C@H]1OC(C)=O. The zero-order chi connectivity index (χ0) is 35.6. The van der Waals surface area contributed by atoms with Crippen LogP contribution < -0.4 is 0 Å². The van der Waals surface area contributed by atoms with Crippen LogP contribution in [0.4, 0.5) is 0 Å². The van der Waals surface area contributed by atoms with Gasteiger partial charge in [0.15, 0.2) is 30.7 Å². The van der Waals surface area contributed by atoms with Crippen LogP contribution in [0.1, 0.15) is 55.4 Å². The Morgan fingerprint density at radius 1 is 0.383 bits per heavy atom. The molecular weight excluding hydrogens is 640 g/mol. The first-order valence-corrected chi connectivity index (χ1v) is 14.2. The van der Waals surface area contributed by atoms with Gasteiger partial charge in [0.05, 0.1) is 0 Å². The smallest absolute Gasteiger partial charge is 0.305 e. The quantitative estimate of drug-likeness (QED) is 0.181. The Balaban J connectivity index is 2.73. The molecule has 2 aliphatic rings. The van der Waals surface area contributed by atoms with Crippen molar-refractivity contribution in [1.29, 1.82) is 0 Å². The number of hydrogen-bond acceptors (Lipinski definition) is 19. The fourth-order valence-corrected chi connectivity index (χ4v) is 4.73. The summed E-state index contributed by atoms with van der Waals surface area (Å²) in [6.45, 7) is 7.05. The Morgan fingerprint density at radius 3 is 1.11 bits per heavy atom. The minimum absolute atomic E-state index is 0.590. The summed E-state index contributed by atoms with van der Waals surface area (Å²) in [7, 11) is 0. The van der Waals surface area contributed by atoms with Crippen molar-refractivity contribution in [3.8, 4) is 0 Å². The molecule has 2 heterocycles. The summed E-state index contributed by atoms with van der Waals surface area (Å²) in [5.74, 6) is -7.02. The van der Waals surface area contributed by atoms with E-state index in [9.17, 15) is 38.4 Å². The lowest BCUT2D eigenvalue weighted by molar-refractivity contribution is -0.357. The van der Waals surface area contributed by atoms with Gasteiger partial charge in [-0.2, -0.15) is 0 Å².